The van der Waals surface area contributed by atoms with Crippen LogP contribution in [0.1, 0.15) is 6.42 Å². The number of hydrogen-bond donors (Lipinski definition) is 1. The summed E-state index contributed by atoms with van der Waals surface area (Å²) in [6.07, 6.45) is 0.433. The maximum absolute atomic E-state index is 12.8. The van der Waals surface area contributed by atoms with Crippen LogP contribution in [0.5, 0.6) is 5.75 Å². The van der Waals surface area contributed by atoms with Gasteiger partial charge < -0.3 is 10.1 Å². The van der Waals surface area contributed by atoms with Crippen molar-refractivity contribution in [2.24, 2.45) is 0 Å². The number of ether oxygens (including phenoxy) is 1. The first-order chi connectivity index (χ1) is 13.9. The molecule has 1 N–H and O–H groups in total. The molecule has 1 heterocycles. The van der Waals surface area contributed by atoms with Crippen LogP contribution in [0.2, 0.25) is 5.02 Å². The predicted molar refractivity (Wildman–Crippen MR) is 110 cm³/mol. The summed E-state index contributed by atoms with van der Waals surface area (Å²) in [5.74, 6) is -0.264. The molecule has 29 heavy (non-hydrogen) atoms. The first-order valence-corrected chi connectivity index (χ1v) is 9.49. The molecule has 3 rings (SSSR count). The van der Waals surface area contributed by atoms with E-state index in [1.54, 1.807) is 34.1 Å². The zero-order valence-electron chi connectivity index (χ0n) is 15.7. The van der Waals surface area contributed by atoms with E-state index in [1.165, 1.54) is 24.3 Å². The molecule has 2 aromatic carbocycles. The highest BCUT2D eigenvalue weighted by Crippen LogP contribution is 2.24. The van der Waals surface area contributed by atoms with Gasteiger partial charge in [-0.05, 0) is 48.5 Å². The Morgan fingerprint density at radius 3 is 2.52 bits per heavy atom. The number of rotatable bonds is 8. The topological polar surface area (TPSA) is 61.9 Å². The Morgan fingerprint density at radius 1 is 1.14 bits per heavy atom. The average molecular weight is 418 g/mol. The summed E-state index contributed by atoms with van der Waals surface area (Å²) in [5, 5.41) is 3.33. The molecule has 0 atom stereocenters. The minimum Gasteiger partial charge on any atom is -0.484 e. The van der Waals surface area contributed by atoms with Crippen LogP contribution < -0.4 is 15.0 Å². The van der Waals surface area contributed by atoms with Crippen molar-refractivity contribution in [3.8, 4) is 5.75 Å². The van der Waals surface area contributed by atoms with E-state index in [0.717, 1.165) is 5.69 Å². The van der Waals surface area contributed by atoms with Gasteiger partial charge in [0.15, 0.2) is 6.61 Å². The Labute approximate surface area is 173 Å². The number of carbonyl (C=O) groups excluding carboxylic acids is 2. The highest BCUT2D eigenvalue weighted by atomic mass is 35.5. The van der Waals surface area contributed by atoms with E-state index >= 15 is 0 Å². The van der Waals surface area contributed by atoms with E-state index in [1.807, 2.05) is 0 Å². The fraction of sp³-hybridized carbons (Fsp3) is 0.238. The van der Waals surface area contributed by atoms with Crippen molar-refractivity contribution in [2.75, 3.05) is 31.1 Å². The number of urea groups is 1. The SMILES string of the molecule is C=C(CCNC(=O)COc1ccc(F)cc1)N1CCN(c2ccc(Cl)cc2)C1=O. The summed E-state index contributed by atoms with van der Waals surface area (Å²) in [6.45, 7) is 5.20. The molecule has 0 radical (unpaired) electrons. The fourth-order valence-electron chi connectivity index (χ4n) is 2.90. The van der Waals surface area contributed by atoms with Crippen LogP contribution in [0.15, 0.2) is 60.8 Å². The lowest BCUT2D eigenvalue weighted by Crippen LogP contribution is -2.34. The molecule has 152 valence electrons. The number of nitrogens with zero attached hydrogens (tertiary/aromatic N) is 2. The molecule has 1 aliphatic rings. The maximum atomic E-state index is 12.8. The molecule has 0 spiro atoms. The van der Waals surface area contributed by atoms with Gasteiger partial charge in [-0.15, -0.1) is 0 Å². The average Bonchev–Trinajstić information content (AvgIpc) is 3.09. The van der Waals surface area contributed by atoms with Gasteiger partial charge in [-0.1, -0.05) is 18.2 Å². The lowest BCUT2D eigenvalue weighted by atomic mass is 10.3. The molecule has 8 heteroatoms. The Morgan fingerprint density at radius 2 is 1.83 bits per heavy atom. The molecule has 0 unspecified atom stereocenters. The summed E-state index contributed by atoms with van der Waals surface area (Å²) in [7, 11) is 0. The third kappa shape index (κ3) is 5.48. The van der Waals surface area contributed by atoms with Crippen molar-refractivity contribution in [1.29, 1.82) is 0 Å². The van der Waals surface area contributed by atoms with Crippen molar-refractivity contribution in [1.82, 2.24) is 10.2 Å². The maximum Gasteiger partial charge on any atom is 0.328 e. The Balaban J connectivity index is 1.41. The van der Waals surface area contributed by atoms with E-state index in [0.29, 0.717) is 42.5 Å². The zero-order valence-corrected chi connectivity index (χ0v) is 16.5. The predicted octanol–water partition coefficient (Wildman–Crippen LogP) is 3.82. The van der Waals surface area contributed by atoms with E-state index in [2.05, 4.69) is 11.9 Å². The highest BCUT2D eigenvalue weighted by Gasteiger charge is 2.30. The number of carbonyl (C=O) groups is 2. The Bertz CT molecular complexity index is 887. The molecule has 1 saturated heterocycles. The van der Waals surface area contributed by atoms with E-state index in [4.69, 9.17) is 16.3 Å². The minimum absolute atomic E-state index is 0.150. The summed E-state index contributed by atoms with van der Waals surface area (Å²) in [5.41, 5.74) is 1.41. The number of anilines is 1. The van der Waals surface area contributed by atoms with Crippen molar-refractivity contribution in [2.45, 2.75) is 6.42 Å². The van der Waals surface area contributed by atoms with Gasteiger partial charge in [0, 0.05) is 42.5 Å². The number of nitrogens with one attached hydrogen (secondary N) is 1. The van der Waals surface area contributed by atoms with Gasteiger partial charge in [0.25, 0.3) is 5.91 Å². The molecular formula is C21H21ClFN3O3. The lowest BCUT2D eigenvalue weighted by molar-refractivity contribution is -0.123. The third-order valence-electron chi connectivity index (χ3n) is 4.45. The van der Waals surface area contributed by atoms with Crippen LogP contribution >= 0.6 is 11.6 Å². The van der Waals surface area contributed by atoms with Crippen molar-refractivity contribution < 1.29 is 18.7 Å². The molecule has 1 fully saturated rings. The molecular weight excluding hydrogens is 397 g/mol. The quantitative estimate of drug-likeness (QED) is 0.710. The number of hydrogen-bond acceptors (Lipinski definition) is 3. The molecule has 3 amide bonds. The molecule has 6 nitrogen and oxygen atoms in total. The number of benzene rings is 2. The van der Waals surface area contributed by atoms with Crippen molar-refractivity contribution in [3.05, 3.63) is 71.6 Å². The summed E-state index contributed by atoms with van der Waals surface area (Å²) >= 11 is 5.89. The van der Waals surface area contributed by atoms with Crippen molar-refractivity contribution in [3.63, 3.8) is 0 Å². The molecule has 2 aromatic rings. The van der Waals surface area contributed by atoms with Crippen LogP contribution in [0.3, 0.4) is 0 Å². The summed E-state index contributed by atoms with van der Waals surface area (Å²) < 4.78 is 18.1. The normalized spacial score (nSPS) is 13.5. The van der Waals surface area contributed by atoms with Gasteiger partial charge in [-0.3, -0.25) is 14.6 Å². The lowest BCUT2D eigenvalue weighted by Gasteiger charge is -2.20. The van der Waals surface area contributed by atoms with Gasteiger partial charge in [-0.2, -0.15) is 0 Å². The minimum atomic E-state index is -0.369. The summed E-state index contributed by atoms with van der Waals surface area (Å²) in [6, 6.07) is 12.4. The summed E-state index contributed by atoms with van der Waals surface area (Å²) in [4.78, 5) is 27.8. The third-order valence-corrected chi connectivity index (χ3v) is 4.70. The molecule has 0 aromatic heterocycles. The van der Waals surface area contributed by atoms with E-state index in [-0.39, 0.29) is 24.4 Å². The Hall–Kier alpha value is -3.06. The molecule has 0 bridgehead atoms. The fourth-order valence-corrected chi connectivity index (χ4v) is 3.03. The van der Waals surface area contributed by atoms with Gasteiger partial charge in [0.2, 0.25) is 0 Å². The second-order valence-corrected chi connectivity index (χ2v) is 6.91. The number of halogens is 2. The largest absolute Gasteiger partial charge is 0.484 e. The first kappa shape index (κ1) is 20.7. The van der Waals surface area contributed by atoms with E-state index < -0.39 is 0 Å². The van der Waals surface area contributed by atoms with Crippen LogP contribution in [0.4, 0.5) is 14.9 Å². The van der Waals surface area contributed by atoms with Crippen molar-refractivity contribution >= 4 is 29.2 Å². The standard InChI is InChI=1S/C21H21ClFN3O3/c1-15(10-11-24-20(27)14-29-19-8-4-17(23)5-9-19)25-12-13-26(21(25)28)18-6-2-16(22)3-7-18/h2-9H,1,10-14H2,(H,24,27). The highest BCUT2D eigenvalue weighted by molar-refractivity contribution is 6.30. The van der Waals surface area contributed by atoms with E-state index in [9.17, 15) is 14.0 Å². The smallest absolute Gasteiger partial charge is 0.328 e. The first-order valence-electron chi connectivity index (χ1n) is 9.11. The Kier molecular flexibility index (Phi) is 6.72. The van der Waals surface area contributed by atoms with Crippen LogP contribution in [-0.4, -0.2) is 43.1 Å². The van der Waals surface area contributed by atoms with Gasteiger partial charge in [0.1, 0.15) is 11.6 Å². The van der Waals surface area contributed by atoms with Gasteiger partial charge in [-0.25, -0.2) is 9.18 Å². The van der Waals surface area contributed by atoms with Crippen LogP contribution in [-0.2, 0) is 4.79 Å². The van der Waals surface area contributed by atoms with Crippen LogP contribution in [0, 0.1) is 5.82 Å². The van der Waals surface area contributed by atoms with Gasteiger partial charge >= 0.3 is 6.03 Å². The van der Waals surface area contributed by atoms with Gasteiger partial charge in [0.05, 0.1) is 0 Å². The molecule has 0 aliphatic carbocycles. The number of amides is 3. The second kappa shape index (κ2) is 9.43. The molecule has 1 aliphatic heterocycles. The molecule has 0 saturated carbocycles. The zero-order chi connectivity index (χ0) is 20.8. The monoisotopic (exact) mass is 417 g/mol. The second-order valence-electron chi connectivity index (χ2n) is 6.47. The van der Waals surface area contributed by atoms with Crippen LogP contribution in [0.25, 0.3) is 0 Å².